The molecule has 0 aliphatic heterocycles. The lowest BCUT2D eigenvalue weighted by atomic mass is 10.1. The van der Waals surface area contributed by atoms with Crippen LogP contribution in [0.15, 0.2) is 28.9 Å². The number of aliphatic hydroxyl groups is 1. The molecule has 0 radical (unpaired) electrons. The van der Waals surface area contributed by atoms with Crippen LogP contribution in [0, 0.1) is 17.2 Å². The van der Waals surface area contributed by atoms with Crippen molar-refractivity contribution in [3.05, 3.63) is 34.4 Å². The number of hydrogen-bond donors (Lipinski definition) is 1. The monoisotopic (exact) mass is 306 g/mol. The minimum Gasteiger partial charge on any atom is -0.396 e. The minimum atomic E-state index is 0.168. The Balaban J connectivity index is 2.51. The smallest absolute Gasteiger partial charge is 0.0670 e. The summed E-state index contributed by atoms with van der Waals surface area (Å²) in [4.78, 5) is 0. The van der Waals surface area contributed by atoms with Gasteiger partial charge in [-0.1, -0.05) is 28.9 Å². The van der Waals surface area contributed by atoms with E-state index in [9.17, 15) is 0 Å². The van der Waals surface area contributed by atoms with Crippen LogP contribution in [-0.2, 0) is 13.0 Å². The molecule has 0 unspecified atom stereocenters. The first-order chi connectivity index (χ1) is 8.65. The van der Waals surface area contributed by atoms with Gasteiger partial charge in [0.2, 0.25) is 0 Å². The van der Waals surface area contributed by atoms with Crippen LogP contribution < -0.4 is 0 Å². The van der Waals surface area contributed by atoms with Crippen LogP contribution >= 0.6 is 15.9 Å². The van der Waals surface area contributed by atoms with Gasteiger partial charge in [-0.25, -0.2) is 0 Å². The van der Waals surface area contributed by atoms with Crippen molar-refractivity contribution in [2.45, 2.75) is 19.9 Å². The number of nitrogens with zero attached hydrogens (tertiary/aromatic N) is 2. The Labute approximate surface area is 115 Å². The second-order valence-electron chi connectivity index (χ2n) is 4.59. The zero-order chi connectivity index (χ0) is 13.1. The van der Waals surface area contributed by atoms with E-state index in [0.717, 1.165) is 27.5 Å². The predicted molar refractivity (Wildman–Crippen MR) is 75.2 cm³/mol. The predicted octanol–water partition coefficient (Wildman–Crippen LogP) is 3.10. The molecule has 0 fully saturated rings. The quantitative estimate of drug-likeness (QED) is 0.943. The molecule has 3 nitrogen and oxygen atoms in total. The standard InChI is InChI=1S/C14H15BrN2O/c1-10(9-18)7-17-8-11(4-5-16)13-3-2-12(15)6-14(13)17/h2-3,6,8,10,18H,4,7,9H2,1H3/t10-/m0/s1. The molecule has 1 aromatic carbocycles. The molecule has 0 saturated carbocycles. The van der Waals surface area contributed by atoms with Crippen LogP contribution in [0.1, 0.15) is 12.5 Å². The van der Waals surface area contributed by atoms with Gasteiger partial charge in [0.25, 0.3) is 0 Å². The Kier molecular flexibility index (Phi) is 4.05. The molecule has 2 aromatic rings. The van der Waals surface area contributed by atoms with E-state index in [4.69, 9.17) is 10.4 Å². The fourth-order valence-electron chi connectivity index (χ4n) is 2.11. The lowest BCUT2D eigenvalue weighted by molar-refractivity contribution is 0.224. The van der Waals surface area contributed by atoms with Gasteiger partial charge in [-0.3, -0.25) is 0 Å². The summed E-state index contributed by atoms with van der Waals surface area (Å²) in [6, 6.07) is 8.28. The molecule has 18 heavy (non-hydrogen) atoms. The fourth-order valence-corrected chi connectivity index (χ4v) is 2.46. The molecule has 94 valence electrons. The van der Waals surface area contributed by atoms with Crippen molar-refractivity contribution >= 4 is 26.8 Å². The number of aromatic nitrogens is 1. The Morgan fingerprint density at radius 3 is 2.94 bits per heavy atom. The van der Waals surface area contributed by atoms with Gasteiger partial charge in [0.1, 0.15) is 0 Å². The zero-order valence-electron chi connectivity index (χ0n) is 10.2. The first kappa shape index (κ1) is 13.1. The summed E-state index contributed by atoms with van der Waals surface area (Å²) in [6.45, 7) is 2.93. The van der Waals surface area contributed by atoms with Crippen molar-refractivity contribution in [1.82, 2.24) is 4.57 Å². The maximum atomic E-state index is 9.16. The molecule has 0 bridgehead atoms. The number of nitriles is 1. The van der Waals surface area contributed by atoms with Gasteiger partial charge < -0.3 is 9.67 Å². The van der Waals surface area contributed by atoms with E-state index in [0.29, 0.717) is 6.42 Å². The molecule has 1 N–H and O–H groups in total. The number of benzene rings is 1. The van der Waals surface area contributed by atoms with Crippen molar-refractivity contribution in [2.24, 2.45) is 5.92 Å². The van der Waals surface area contributed by atoms with Gasteiger partial charge in [0.05, 0.1) is 12.5 Å². The number of rotatable bonds is 4. The second-order valence-corrected chi connectivity index (χ2v) is 5.51. The van der Waals surface area contributed by atoms with Crippen LogP contribution in [0.5, 0.6) is 0 Å². The lowest BCUT2D eigenvalue weighted by Gasteiger charge is -2.10. The highest BCUT2D eigenvalue weighted by Crippen LogP contribution is 2.26. The third-order valence-corrected chi connectivity index (χ3v) is 3.51. The summed E-state index contributed by atoms with van der Waals surface area (Å²) in [5, 5.41) is 19.1. The molecule has 1 heterocycles. The van der Waals surface area contributed by atoms with Crippen LogP contribution in [0.3, 0.4) is 0 Å². The van der Waals surface area contributed by atoms with Crippen molar-refractivity contribution < 1.29 is 5.11 Å². The van der Waals surface area contributed by atoms with Crippen molar-refractivity contribution in [1.29, 1.82) is 5.26 Å². The van der Waals surface area contributed by atoms with E-state index < -0.39 is 0 Å². The van der Waals surface area contributed by atoms with Crippen molar-refractivity contribution in [3.63, 3.8) is 0 Å². The number of fused-ring (bicyclic) bond motifs is 1. The Morgan fingerprint density at radius 2 is 2.28 bits per heavy atom. The molecule has 0 aliphatic carbocycles. The van der Waals surface area contributed by atoms with Crippen molar-refractivity contribution in [2.75, 3.05) is 6.61 Å². The molecular weight excluding hydrogens is 292 g/mol. The van der Waals surface area contributed by atoms with Crippen LogP contribution in [0.25, 0.3) is 10.9 Å². The van der Waals surface area contributed by atoms with E-state index in [-0.39, 0.29) is 12.5 Å². The highest BCUT2D eigenvalue weighted by Gasteiger charge is 2.10. The van der Waals surface area contributed by atoms with Crippen LogP contribution in [-0.4, -0.2) is 16.3 Å². The van der Waals surface area contributed by atoms with Crippen LogP contribution in [0.4, 0.5) is 0 Å². The number of hydrogen-bond acceptors (Lipinski definition) is 2. The molecule has 0 spiro atoms. The molecule has 0 amide bonds. The fraction of sp³-hybridized carbons (Fsp3) is 0.357. The molecule has 0 saturated heterocycles. The zero-order valence-corrected chi connectivity index (χ0v) is 11.8. The molecular formula is C14H15BrN2O. The van der Waals surface area contributed by atoms with E-state index >= 15 is 0 Å². The van der Waals surface area contributed by atoms with Gasteiger partial charge in [0, 0.05) is 34.7 Å². The third kappa shape index (κ3) is 2.58. The average Bonchev–Trinajstić information content (AvgIpc) is 2.67. The topological polar surface area (TPSA) is 49.0 Å². The molecule has 1 atom stereocenters. The average molecular weight is 307 g/mol. The van der Waals surface area contributed by atoms with Gasteiger partial charge >= 0.3 is 0 Å². The Morgan fingerprint density at radius 1 is 1.50 bits per heavy atom. The van der Waals surface area contributed by atoms with E-state index in [2.05, 4.69) is 32.6 Å². The number of halogens is 1. The summed E-state index contributed by atoms with van der Waals surface area (Å²) in [5.74, 6) is 0.203. The molecule has 0 aliphatic rings. The molecule has 2 rings (SSSR count). The summed E-state index contributed by atoms with van der Waals surface area (Å²) in [5.41, 5.74) is 2.15. The normalized spacial score (nSPS) is 12.6. The SMILES string of the molecule is C[C@H](CO)Cn1cc(CC#N)c2ccc(Br)cc21. The van der Waals surface area contributed by atoms with E-state index in [1.165, 1.54) is 0 Å². The summed E-state index contributed by atoms with van der Waals surface area (Å²) in [6.07, 6.45) is 2.44. The number of aliphatic hydroxyl groups excluding tert-OH is 1. The Hall–Kier alpha value is -1.31. The molecule has 4 heteroatoms. The molecule has 1 aromatic heterocycles. The summed E-state index contributed by atoms with van der Waals surface area (Å²) >= 11 is 3.47. The minimum absolute atomic E-state index is 0.168. The van der Waals surface area contributed by atoms with Gasteiger partial charge in [-0.2, -0.15) is 5.26 Å². The van der Waals surface area contributed by atoms with Gasteiger partial charge in [-0.15, -0.1) is 0 Å². The van der Waals surface area contributed by atoms with Crippen LogP contribution in [0.2, 0.25) is 0 Å². The third-order valence-electron chi connectivity index (χ3n) is 3.02. The Bertz CT molecular complexity index is 598. The van der Waals surface area contributed by atoms with E-state index in [1.54, 1.807) is 0 Å². The van der Waals surface area contributed by atoms with E-state index in [1.807, 2.05) is 25.3 Å². The summed E-state index contributed by atoms with van der Waals surface area (Å²) in [7, 11) is 0. The largest absolute Gasteiger partial charge is 0.396 e. The van der Waals surface area contributed by atoms with Crippen molar-refractivity contribution in [3.8, 4) is 6.07 Å². The summed E-state index contributed by atoms with van der Waals surface area (Å²) < 4.78 is 3.14. The first-order valence-corrected chi connectivity index (χ1v) is 6.70. The lowest BCUT2D eigenvalue weighted by Crippen LogP contribution is -2.10. The highest BCUT2D eigenvalue weighted by molar-refractivity contribution is 9.10. The first-order valence-electron chi connectivity index (χ1n) is 5.90. The van der Waals surface area contributed by atoms with Gasteiger partial charge in [0.15, 0.2) is 0 Å². The second kappa shape index (κ2) is 5.55. The highest BCUT2D eigenvalue weighted by atomic mass is 79.9. The maximum Gasteiger partial charge on any atom is 0.0670 e. The maximum absolute atomic E-state index is 9.16. The van der Waals surface area contributed by atoms with Gasteiger partial charge in [-0.05, 0) is 23.6 Å².